The first-order valence-corrected chi connectivity index (χ1v) is 4.74. The molecule has 0 aromatic heterocycles. The van der Waals surface area contributed by atoms with Gasteiger partial charge < -0.3 is 0 Å². The zero-order chi connectivity index (χ0) is 8.48. The third kappa shape index (κ3) is 1.66. The first-order chi connectivity index (χ1) is 5.08. The first-order valence-electron chi connectivity index (χ1n) is 4.74. The lowest BCUT2D eigenvalue weighted by Gasteiger charge is -2.31. The fourth-order valence-corrected chi connectivity index (χ4v) is 2.06. The largest absolute Gasteiger partial charge is 0.0850 e. The Balaban J connectivity index is 2.58. The number of allylic oxidation sites excluding steroid dienone is 2. The molecule has 2 unspecified atom stereocenters. The second-order valence-electron chi connectivity index (χ2n) is 4.39. The molecule has 1 aliphatic carbocycles. The van der Waals surface area contributed by atoms with Crippen molar-refractivity contribution in [3.8, 4) is 0 Å². The Kier molecular flexibility index (Phi) is 2.41. The van der Waals surface area contributed by atoms with Gasteiger partial charge in [0, 0.05) is 0 Å². The highest BCUT2D eigenvalue weighted by atomic mass is 14.4. The Morgan fingerprint density at radius 3 is 2.64 bits per heavy atom. The summed E-state index contributed by atoms with van der Waals surface area (Å²) in [5.74, 6) is 0.871. The van der Waals surface area contributed by atoms with Crippen molar-refractivity contribution in [2.45, 2.75) is 47.0 Å². The van der Waals surface area contributed by atoms with Gasteiger partial charge in [0.2, 0.25) is 0 Å². The topological polar surface area (TPSA) is 0 Å². The predicted octanol–water partition coefficient (Wildman–Crippen LogP) is 3.78. The van der Waals surface area contributed by atoms with Crippen LogP contribution in [0.4, 0.5) is 0 Å². The van der Waals surface area contributed by atoms with Gasteiger partial charge in [-0.15, -0.1) is 0 Å². The van der Waals surface area contributed by atoms with Crippen molar-refractivity contribution in [3.63, 3.8) is 0 Å². The molecule has 0 fully saturated rings. The van der Waals surface area contributed by atoms with E-state index in [0.717, 1.165) is 5.92 Å². The first kappa shape index (κ1) is 8.83. The molecule has 64 valence electrons. The van der Waals surface area contributed by atoms with E-state index in [1.807, 2.05) is 0 Å². The van der Waals surface area contributed by atoms with E-state index < -0.39 is 0 Å². The van der Waals surface area contributed by atoms with E-state index in [0.29, 0.717) is 5.41 Å². The van der Waals surface area contributed by atoms with Crippen LogP contribution >= 0.6 is 0 Å². The molecule has 0 heteroatoms. The summed E-state index contributed by atoms with van der Waals surface area (Å²) in [6.45, 7) is 9.36. The quantitative estimate of drug-likeness (QED) is 0.528. The summed E-state index contributed by atoms with van der Waals surface area (Å²) in [7, 11) is 0. The van der Waals surface area contributed by atoms with E-state index in [4.69, 9.17) is 0 Å². The van der Waals surface area contributed by atoms with Crippen molar-refractivity contribution < 1.29 is 0 Å². The van der Waals surface area contributed by atoms with Gasteiger partial charge in [0.15, 0.2) is 0 Å². The summed E-state index contributed by atoms with van der Waals surface area (Å²) in [6.07, 6.45) is 6.35. The third-order valence-electron chi connectivity index (χ3n) is 3.40. The summed E-state index contributed by atoms with van der Waals surface area (Å²) >= 11 is 0. The normalized spacial score (nSPS) is 33.6. The van der Waals surface area contributed by atoms with Crippen molar-refractivity contribution in [1.29, 1.82) is 0 Å². The molecular formula is C11H20. The van der Waals surface area contributed by atoms with Gasteiger partial charge in [-0.25, -0.2) is 0 Å². The minimum Gasteiger partial charge on any atom is -0.0850 e. The van der Waals surface area contributed by atoms with Gasteiger partial charge >= 0.3 is 0 Å². The van der Waals surface area contributed by atoms with E-state index in [1.165, 1.54) is 19.3 Å². The molecule has 0 radical (unpaired) electrons. The second kappa shape index (κ2) is 3.00. The molecule has 0 saturated heterocycles. The van der Waals surface area contributed by atoms with E-state index in [9.17, 15) is 0 Å². The maximum atomic E-state index is 2.42. The van der Waals surface area contributed by atoms with Gasteiger partial charge in [-0.3, -0.25) is 0 Å². The highest BCUT2D eigenvalue weighted by Crippen LogP contribution is 2.44. The van der Waals surface area contributed by atoms with Crippen LogP contribution < -0.4 is 0 Å². The van der Waals surface area contributed by atoms with Crippen molar-refractivity contribution in [3.05, 3.63) is 11.6 Å². The molecule has 0 nitrogen and oxygen atoms in total. The lowest BCUT2D eigenvalue weighted by molar-refractivity contribution is 0.211. The van der Waals surface area contributed by atoms with Crippen LogP contribution in [0, 0.1) is 11.3 Å². The van der Waals surface area contributed by atoms with Crippen molar-refractivity contribution in [2.75, 3.05) is 0 Å². The molecule has 2 atom stereocenters. The van der Waals surface area contributed by atoms with Crippen LogP contribution in [0.5, 0.6) is 0 Å². The summed E-state index contributed by atoms with van der Waals surface area (Å²) < 4.78 is 0. The maximum Gasteiger partial charge on any atom is -0.0229 e. The van der Waals surface area contributed by atoms with Gasteiger partial charge in [0.05, 0.1) is 0 Å². The maximum absolute atomic E-state index is 2.42. The van der Waals surface area contributed by atoms with Crippen LogP contribution in [-0.4, -0.2) is 0 Å². The van der Waals surface area contributed by atoms with Gasteiger partial charge in [0.1, 0.15) is 0 Å². The summed E-state index contributed by atoms with van der Waals surface area (Å²) in [5, 5.41) is 0. The van der Waals surface area contributed by atoms with Gasteiger partial charge in [-0.1, -0.05) is 38.8 Å². The molecule has 0 aromatic carbocycles. The number of hydrogen-bond donors (Lipinski definition) is 0. The molecule has 0 N–H and O–H groups in total. The lowest BCUT2D eigenvalue weighted by Crippen LogP contribution is -2.21. The van der Waals surface area contributed by atoms with E-state index in [1.54, 1.807) is 5.57 Å². The van der Waals surface area contributed by atoms with Gasteiger partial charge in [-0.2, -0.15) is 0 Å². The van der Waals surface area contributed by atoms with Crippen molar-refractivity contribution >= 4 is 0 Å². The van der Waals surface area contributed by atoms with Crippen LogP contribution in [0.25, 0.3) is 0 Å². The van der Waals surface area contributed by atoms with E-state index in [-0.39, 0.29) is 0 Å². The molecule has 0 spiro atoms. The van der Waals surface area contributed by atoms with Gasteiger partial charge in [0.25, 0.3) is 0 Å². The molecular weight excluding hydrogens is 132 g/mol. The minimum absolute atomic E-state index is 0.582. The Morgan fingerprint density at radius 1 is 1.64 bits per heavy atom. The predicted molar refractivity (Wildman–Crippen MR) is 50.6 cm³/mol. The highest BCUT2D eigenvalue weighted by molar-refractivity contribution is 5.12. The zero-order valence-electron chi connectivity index (χ0n) is 8.28. The smallest absolute Gasteiger partial charge is 0.0229 e. The van der Waals surface area contributed by atoms with Crippen LogP contribution in [-0.2, 0) is 0 Å². The fourth-order valence-electron chi connectivity index (χ4n) is 2.06. The Bertz CT molecular complexity index is 167. The number of rotatable bonds is 2. The molecule has 0 bridgehead atoms. The fraction of sp³-hybridized carbons (Fsp3) is 0.818. The van der Waals surface area contributed by atoms with E-state index in [2.05, 4.69) is 33.8 Å². The number of hydrogen-bond acceptors (Lipinski definition) is 0. The molecule has 11 heavy (non-hydrogen) atoms. The summed E-state index contributed by atoms with van der Waals surface area (Å²) in [5.41, 5.74) is 2.17. The highest BCUT2D eigenvalue weighted by Gasteiger charge is 2.32. The zero-order valence-corrected chi connectivity index (χ0v) is 8.28. The third-order valence-corrected chi connectivity index (χ3v) is 3.40. The average molecular weight is 152 g/mol. The molecule has 0 aromatic rings. The molecule has 0 amide bonds. The second-order valence-corrected chi connectivity index (χ2v) is 4.39. The SMILES string of the molecule is CCC(C)C1(C)CC=C(C)C1. The Labute approximate surface area is 70.7 Å². The van der Waals surface area contributed by atoms with Crippen LogP contribution in [0.1, 0.15) is 47.0 Å². The summed E-state index contributed by atoms with van der Waals surface area (Å²) in [6, 6.07) is 0. The van der Waals surface area contributed by atoms with Crippen LogP contribution in [0.2, 0.25) is 0 Å². The van der Waals surface area contributed by atoms with Crippen molar-refractivity contribution in [2.24, 2.45) is 11.3 Å². The molecule has 1 rings (SSSR count). The van der Waals surface area contributed by atoms with E-state index >= 15 is 0 Å². The average Bonchev–Trinajstić information content (AvgIpc) is 2.31. The van der Waals surface area contributed by atoms with Crippen LogP contribution in [0.3, 0.4) is 0 Å². The molecule has 0 heterocycles. The minimum atomic E-state index is 0.582. The van der Waals surface area contributed by atoms with Crippen LogP contribution in [0.15, 0.2) is 11.6 Å². The summed E-state index contributed by atoms with van der Waals surface area (Å²) in [4.78, 5) is 0. The Hall–Kier alpha value is -0.260. The van der Waals surface area contributed by atoms with Crippen molar-refractivity contribution in [1.82, 2.24) is 0 Å². The monoisotopic (exact) mass is 152 g/mol. The standard InChI is InChI=1S/C11H20/c1-5-10(3)11(4)7-6-9(2)8-11/h6,10H,5,7-8H2,1-4H3. The Morgan fingerprint density at radius 2 is 2.27 bits per heavy atom. The molecule has 1 aliphatic rings. The van der Waals surface area contributed by atoms with Gasteiger partial charge in [-0.05, 0) is 31.1 Å². The lowest BCUT2D eigenvalue weighted by atomic mass is 9.74. The molecule has 0 saturated carbocycles. The molecule has 0 aliphatic heterocycles.